The van der Waals surface area contributed by atoms with Crippen LogP contribution in [0.3, 0.4) is 0 Å². The van der Waals surface area contributed by atoms with Gasteiger partial charge < -0.3 is 10.2 Å². The lowest BCUT2D eigenvalue weighted by atomic mass is 10.0. The highest BCUT2D eigenvalue weighted by Gasteiger charge is 2.30. The second kappa shape index (κ2) is 15.1. The summed E-state index contributed by atoms with van der Waals surface area (Å²) in [6.45, 7) is 5.06. The van der Waals surface area contributed by atoms with E-state index >= 15 is 0 Å². The summed E-state index contributed by atoms with van der Waals surface area (Å²) >= 11 is 14.1. The first kappa shape index (κ1) is 29.1. The molecule has 0 fully saturated rings. The van der Waals surface area contributed by atoms with Crippen LogP contribution >= 0.6 is 35.0 Å². The Hall–Kier alpha value is -2.47. The maximum atomic E-state index is 13.7. The van der Waals surface area contributed by atoms with Gasteiger partial charge in [0.25, 0.3) is 0 Å². The fourth-order valence-electron chi connectivity index (χ4n) is 4.06. The van der Waals surface area contributed by atoms with Gasteiger partial charge in [-0.25, -0.2) is 0 Å². The zero-order chi connectivity index (χ0) is 26.6. The van der Waals surface area contributed by atoms with Crippen molar-refractivity contribution in [2.75, 3.05) is 12.3 Å². The van der Waals surface area contributed by atoms with E-state index in [1.54, 1.807) is 23.1 Å². The Morgan fingerprint density at radius 3 is 2.30 bits per heavy atom. The Morgan fingerprint density at radius 2 is 1.62 bits per heavy atom. The molecule has 0 aromatic heterocycles. The van der Waals surface area contributed by atoms with Gasteiger partial charge >= 0.3 is 0 Å². The Morgan fingerprint density at radius 1 is 0.946 bits per heavy atom. The molecule has 0 saturated heterocycles. The van der Waals surface area contributed by atoms with E-state index in [-0.39, 0.29) is 17.6 Å². The lowest BCUT2D eigenvalue weighted by Crippen LogP contribution is -2.51. The van der Waals surface area contributed by atoms with Gasteiger partial charge in [-0.15, -0.1) is 11.8 Å². The zero-order valence-electron chi connectivity index (χ0n) is 21.4. The molecule has 0 unspecified atom stereocenters. The third-order valence-corrected chi connectivity index (χ3v) is 7.72. The average Bonchev–Trinajstić information content (AvgIpc) is 2.88. The van der Waals surface area contributed by atoms with E-state index in [1.807, 2.05) is 55.5 Å². The summed E-state index contributed by atoms with van der Waals surface area (Å²) in [6, 6.07) is 22.7. The first-order valence-corrected chi connectivity index (χ1v) is 14.5. The van der Waals surface area contributed by atoms with Gasteiger partial charge in [0.15, 0.2) is 0 Å². The number of hydrogen-bond donors (Lipinski definition) is 1. The highest BCUT2D eigenvalue weighted by Crippen LogP contribution is 2.28. The van der Waals surface area contributed by atoms with Crippen molar-refractivity contribution in [2.24, 2.45) is 0 Å². The van der Waals surface area contributed by atoms with Crippen molar-refractivity contribution in [3.63, 3.8) is 0 Å². The van der Waals surface area contributed by atoms with E-state index in [0.717, 1.165) is 35.1 Å². The van der Waals surface area contributed by atoms with Crippen LogP contribution in [-0.2, 0) is 28.3 Å². The molecule has 0 spiro atoms. The maximum Gasteiger partial charge on any atom is 0.243 e. The molecular formula is C30H34Cl2N2O2S. The smallest absolute Gasteiger partial charge is 0.243 e. The highest BCUT2D eigenvalue weighted by molar-refractivity contribution is 7.99. The molecule has 1 N–H and O–H groups in total. The Labute approximate surface area is 234 Å². The number of carbonyl (C=O) groups is 2. The molecule has 0 bridgehead atoms. The van der Waals surface area contributed by atoms with E-state index in [9.17, 15) is 9.59 Å². The molecule has 3 aromatic carbocycles. The van der Waals surface area contributed by atoms with Gasteiger partial charge in [-0.3, -0.25) is 9.59 Å². The van der Waals surface area contributed by atoms with E-state index < -0.39 is 6.04 Å². The first-order chi connectivity index (χ1) is 17.9. The molecule has 4 nitrogen and oxygen atoms in total. The Bertz CT molecular complexity index is 1150. The predicted octanol–water partition coefficient (Wildman–Crippen LogP) is 7.09. The minimum Gasteiger partial charge on any atom is -0.354 e. The van der Waals surface area contributed by atoms with Gasteiger partial charge in [0.05, 0.1) is 5.75 Å². The van der Waals surface area contributed by atoms with Crippen molar-refractivity contribution in [3.05, 3.63) is 105 Å². The van der Waals surface area contributed by atoms with Crippen LogP contribution in [0.15, 0.2) is 72.8 Å². The minimum absolute atomic E-state index is 0.0961. The van der Waals surface area contributed by atoms with Gasteiger partial charge in [0, 0.05) is 35.3 Å². The monoisotopic (exact) mass is 556 g/mol. The van der Waals surface area contributed by atoms with Gasteiger partial charge in [-0.2, -0.15) is 0 Å². The van der Waals surface area contributed by atoms with Crippen molar-refractivity contribution in [2.45, 2.75) is 51.4 Å². The Balaban J connectivity index is 1.85. The fourth-order valence-corrected chi connectivity index (χ4v) is 5.71. The SMILES string of the molecule is CCCCNC(=O)[C@H](Cc1ccccc1)N(Cc1cccc(C)c1)C(=O)CSCc1c(Cl)cccc1Cl. The lowest BCUT2D eigenvalue weighted by molar-refractivity contribution is -0.139. The minimum atomic E-state index is -0.628. The third-order valence-electron chi connectivity index (χ3n) is 6.07. The number of aryl methyl sites for hydroxylation is 1. The number of thioether (sulfide) groups is 1. The van der Waals surface area contributed by atoms with Crippen LogP contribution in [0.4, 0.5) is 0 Å². The van der Waals surface area contributed by atoms with Crippen molar-refractivity contribution < 1.29 is 9.59 Å². The van der Waals surface area contributed by atoms with Crippen LogP contribution < -0.4 is 5.32 Å². The fraction of sp³-hybridized carbons (Fsp3) is 0.333. The molecule has 2 amide bonds. The largest absolute Gasteiger partial charge is 0.354 e. The van der Waals surface area contributed by atoms with Crippen LogP contribution in [0.25, 0.3) is 0 Å². The number of carbonyl (C=O) groups excluding carboxylic acids is 2. The summed E-state index contributed by atoms with van der Waals surface area (Å²) in [4.78, 5) is 28.9. The van der Waals surface area contributed by atoms with Crippen LogP contribution in [0, 0.1) is 6.92 Å². The number of hydrogen-bond acceptors (Lipinski definition) is 3. The summed E-state index contributed by atoms with van der Waals surface area (Å²) in [5, 5.41) is 4.23. The number of halogens is 2. The van der Waals surface area contributed by atoms with Crippen molar-refractivity contribution in [3.8, 4) is 0 Å². The number of amides is 2. The second-order valence-corrected chi connectivity index (χ2v) is 10.9. The standard InChI is InChI=1S/C30H34Cl2N2O2S/c1-3-4-16-33-30(36)28(18-23-11-6-5-7-12-23)34(19-24-13-8-10-22(2)17-24)29(35)21-37-20-25-26(31)14-9-15-27(25)32/h5-15,17,28H,3-4,16,18-21H2,1-2H3,(H,33,36)/t28-/m0/s1. The van der Waals surface area contributed by atoms with Crippen molar-refractivity contribution in [1.29, 1.82) is 0 Å². The van der Waals surface area contributed by atoms with Crippen LogP contribution in [-0.4, -0.2) is 35.1 Å². The molecule has 0 aliphatic carbocycles. The molecule has 37 heavy (non-hydrogen) atoms. The Kier molecular flexibility index (Phi) is 11.8. The van der Waals surface area contributed by atoms with E-state index in [0.29, 0.717) is 35.3 Å². The summed E-state index contributed by atoms with van der Waals surface area (Å²) in [6.07, 6.45) is 2.32. The molecule has 0 saturated carbocycles. The van der Waals surface area contributed by atoms with Gasteiger partial charge in [0.2, 0.25) is 11.8 Å². The molecule has 7 heteroatoms. The molecule has 1 atom stereocenters. The number of nitrogens with zero attached hydrogens (tertiary/aromatic N) is 1. The number of nitrogens with one attached hydrogen (secondary N) is 1. The quantitative estimate of drug-likeness (QED) is 0.228. The molecule has 0 aliphatic heterocycles. The van der Waals surface area contributed by atoms with Crippen LogP contribution in [0.1, 0.15) is 42.0 Å². The molecule has 3 aromatic rings. The van der Waals surface area contributed by atoms with Crippen LogP contribution in [0.5, 0.6) is 0 Å². The summed E-state index contributed by atoms with van der Waals surface area (Å²) in [5.41, 5.74) is 3.93. The molecule has 196 valence electrons. The number of benzene rings is 3. The molecule has 3 rings (SSSR count). The lowest BCUT2D eigenvalue weighted by Gasteiger charge is -2.31. The van der Waals surface area contributed by atoms with E-state index in [1.165, 1.54) is 11.8 Å². The van der Waals surface area contributed by atoms with E-state index in [4.69, 9.17) is 23.2 Å². The van der Waals surface area contributed by atoms with Gasteiger partial charge in [0.1, 0.15) is 6.04 Å². The number of unbranched alkanes of at least 4 members (excludes halogenated alkanes) is 1. The molecule has 0 heterocycles. The molecular weight excluding hydrogens is 523 g/mol. The molecule has 0 radical (unpaired) electrons. The van der Waals surface area contributed by atoms with Gasteiger partial charge in [-0.05, 0) is 42.2 Å². The molecule has 0 aliphatic rings. The number of rotatable bonds is 13. The third kappa shape index (κ3) is 9.10. The average molecular weight is 558 g/mol. The summed E-state index contributed by atoms with van der Waals surface area (Å²) in [5.74, 6) is 0.494. The van der Waals surface area contributed by atoms with E-state index in [2.05, 4.69) is 18.3 Å². The summed E-state index contributed by atoms with van der Waals surface area (Å²) < 4.78 is 0. The first-order valence-electron chi connectivity index (χ1n) is 12.6. The summed E-state index contributed by atoms with van der Waals surface area (Å²) in [7, 11) is 0. The van der Waals surface area contributed by atoms with Crippen molar-refractivity contribution >= 4 is 46.8 Å². The predicted molar refractivity (Wildman–Crippen MR) is 156 cm³/mol. The topological polar surface area (TPSA) is 49.4 Å². The second-order valence-electron chi connectivity index (χ2n) is 9.05. The zero-order valence-corrected chi connectivity index (χ0v) is 23.7. The normalized spacial score (nSPS) is 11.7. The van der Waals surface area contributed by atoms with Crippen LogP contribution in [0.2, 0.25) is 10.0 Å². The maximum absolute atomic E-state index is 13.7. The highest BCUT2D eigenvalue weighted by atomic mass is 35.5. The van der Waals surface area contributed by atoms with Gasteiger partial charge in [-0.1, -0.05) is 103 Å². The van der Waals surface area contributed by atoms with Crippen molar-refractivity contribution in [1.82, 2.24) is 10.2 Å².